The zero-order valence-electron chi connectivity index (χ0n) is 9.35. The maximum atomic E-state index is 5.11. The van der Waals surface area contributed by atoms with Crippen LogP contribution in [0.25, 0.3) is 0 Å². The first-order valence-electron chi connectivity index (χ1n) is 4.56. The number of hydrogen-bond donors (Lipinski definition) is 1. The highest BCUT2D eigenvalue weighted by atomic mass is 32.2. The van der Waals surface area contributed by atoms with Crippen LogP contribution in [0.4, 0.5) is 0 Å². The Morgan fingerprint density at radius 1 is 1.62 bits per heavy atom. The van der Waals surface area contributed by atoms with Gasteiger partial charge in [-0.15, -0.1) is 0 Å². The van der Waals surface area contributed by atoms with Gasteiger partial charge in [-0.1, -0.05) is 24.0 Å². The average Bonchev–Trinajstić information content (AvgIpc) is 2.35. The minimum atomic E-state index is 0.627. The van der Waals surface area contributed by atoms with Crippen molar-refractivity contribution in [1.29, 1.82) is 0 Å². The van der Waals surface area contributed by atoms with Gasteiger partial charge in [0.15, 0.2) is 4.32 Å². The highest BCUT2D eigenvalue weighted by Gasteiger charge is 2.01. The summed E-state index contributed by atoms with van der Waals surface area (Å²) in [7, 11) is 1.62. The summed E-state index contributed by atoms with van der Waals surface area (Å²) in [6.07, 6.45) is 3.57. The quantitative estimate of drug-likeness (QED) is 0.509. The van der Waals surface area contributed by atoms with E-state index in [4.69, 9.17) is 17.0 Å². The molecule has 16 heavy (non-hydrogen) atoms. The Bertz CT molecular complexity index is 407. The Morgan fingerprint density at radius 3 is 3.00 bits per heavy atom. The smallest absolute Gasteiger partial charge is 0.153 e. The lowest BCUT2D eigenvalue weighted by molar-refractivity contribution is 0.414. The molecule has 0 fully saturated rings. The molecule has 1 heterocycles. The molecule has 4 nitrogen and oxygen atoms in total. The molecule has 0 aromatic carbocycles. The average molecular weight is 255 g/mol. The minimum Gasteiger partial charge on any atom is -0.497 e. The van der Waals surface area contributed by atoms with Gasteiger partial charge in [-0.3, -0.25) is 10.4 Å². The van der Waals surface area contributed by atoms with Gasteiger partial charge in [0, 0.05) is 12.3 Å². The molecular formula is C10H13N3OS2. The van der Waals surface area contributed by atoms with Crippen LogP contribution in [0.1, 0.15) is 12.6 Å². The van der Waals surface area contributed by atoms with Crippen molar-refractivity contribution in [2.24, 2.45) is 5.10 Å². The predicted octanol–water partition coefficient (Wildman–Crippen LogP) is 2.05. The van der Waals surface area contributed by atoms with E-state index in [0.717, 1.165) is 17.2 Å². The number of nitrogens with one attached hydrogen (secondary N) is 1. The van der Waals surface area contributed by atoms with E-state index in [1.807, 2.05) is 19.2 Å². The van der Waals surface area contributed by atoms with Crippen LogP contribution >= 0.6 is 24.0 Å². The van der Waals surface area contributed by atoms with Crippen molar-refractivity contribution in [2.75, 3.05) is 13.4 Å². The van der Waals surface area contributed by atoms with Gasteiger partial charge < -0.3 is 4.74 Å². The van der Waals surface area contributed by atoms with E-state index in [-0.39, 0.29) is 0 Å². The number of thiocarbonyl (C=S) groups is 1. The molecule has 1 aromatic rings. The molecule has 0 amide bonds. The van der Waals surface area contributed by atoms with Crippen molar-refractivity contribution in [3.8, 4) is 5.75 Å². The monoisotopic (exact) mass is 255 g/mol. The van der Waals surface area contributed by atoms with E-state index in [1.54, 1.807) is 19.4 Å². The highest BCUT2D eigenvalue weighted by molar-refractivity contribution is 8.22. The molecule has 0 aliphatic rings. The van der Waals surface area contributed by atoms with Crippen molar-refractivity contribution in [2.45, 2.75) is 6.92 Å². The summed E-state index contributed by atoms with van der Waals surface area (Å²) < 4.78 is 5.73. The van der Waals surface area contributed by atoms with Crippen LogP contribution in [0.15, 0.2) is 23.4 Å². The molecule has 1 rings (SSSR count). The van der Waals surface area contributed by atoms with Crippen molar-refractivity contribution in [3.05, 3.63) is 24.0 Å². The van der Waals surface area contributed by atoms with E-state index >= 15 is 0 Å². The summed E-state index contributed by atoms with van der Waals surface area (Å²) in [6, 6.07) is 3.61. The van der Waals surface area contributed by atoms with Gasteiger partial charge in [-0.2, -0.15) is 5.10 Å². The third-order valence-corrected chi connectivity index (χ3v) is 2.89. The number of rotatable bonds is 3. The van der Waals surface area contributed by atoms with Gasteiger partial charge in [0.25, 0.3) is 0 Å². The number of hydrogen-bond acceptors (Lipinski definition) is 5. The van der Waals surface area contributed by atoms with Crippen LogP contribution in [0.2, 0.25) is 0 Å². The number of methoxy groups -OCH3 is 1. The second-order valence-corrected chi connectivity index (χ2v) is 4.36. The van der Waals surface area contributed by atoms with Crippen molar-refractivity contribution < 1.29 is 4.74 Å². The topological polar surface area (TPSA) is 46.5 Å². The molecule has 0 saturated carbocycles. The zero-order chi connectivity index (χ0) is 12.0. The Labute approximate surface area is 104 Å². The number of ether oxygens (including phenoxy) is 1. The lowest BCUT2D eigenvalue weighted by Crippen LogP contribution is -2.13. The third-order valence-electron chi connectivity index (χ3n) is 1.84. The second kappa shape index (κ2) is 6.44. The van der Waals surface area contributed by atoms with Crippen LogP contribution in [0.3, 0.4) is 0 Å². The molecule has 0 unspecified atom stereocenters. The molecule has 0 bridgehead atoms. The summed E-state index contributed by atoms with van der Waals surface area (Å²) in [5.74, 6) is 0.756. The van der Waals surface area contributed by atoms with Crippen LogP contribution < -0.4 is 10.2 Å². The van der Waals surface area contributed by atoms with E-state index in [1.165, 1.54) is 11.8 Å². The molecule has 0 atom stereocenters. The molecule has 0 saturated heterocycles. The van der Waals surface area contributed by atoms with Crippen LogP contribution in [0, 0.1) is 0 Å². The molecular weight excluding hydrogens is 242 g/mol. The predicted molar refractivity (Wildman–Crippen MR) is 72.2 cm³/mol. The van der Waals surface area contributed by atoms with E-state index < -0.39 is 0 Å². The number of thioether (sulfide) groups is 1. The molecule has 0 aliphatic heterocycles. The first kappa shape index (κ1) is 12.9. The maximum Gasteiger partial charge on any atom is 0.153 e. The summed E-state index contributed by atoms with van der Waals surface area (Å²) >= 11 is 6.41. The fourth-order valence-electron chi connectivity index (χ4n) is 0.968. The number of nitrogens with zero attached hydrogens (tertiary/aromatic N) is 2. The van der Waals surface area contributed by atoms with Gasteiger partial charge in [0.2, 0.25) is 0 Å². The van der Waals surface area contributed by atoms with Gasteiger partial charge in [-0.25, -0.2) is 0 Å². The standard InChI is InChI=1S/C10H13N3OS2/c1-7(12-13-10(15)16-3)9-6-8(14-2)4-5-11-9/h4-6H,1-3H3,(H,13,15)/b12-7+. The fourth-order valence-corrected chi connectivity index (χ4v) is 1.15. The second-order valence-electron chi connectivity index (χ2n) is 2.88. The molecule has 0 radical (unpaired) electrons. The Kier molecular flexibility index (Phi) is 5.21. The van der Waals surface area contributed by atoms with Crippen molar-refractivity contribution >= 4 is 34.0 Å². The molecule has 6 heteroatoms. The molecule has 0 spiro atoms. The SMILES string of the molecule is COc1ccnc(/C(C)=N/NC(=S)SC)c1. The Morgan fingerprint density at radius 2 is 2.38 bits per heavy atom. The van der Waals surface area contributed by atoms with Crippen molar-refractivity contribution in [3.63, 3.8) is 0 Å². The zero-order valence-corrected chi connectivity index (χ0v) is 11.0. The molecule has 86 valence electrons. The van der Waals surface area contributed by atoms with Gasteiger partial charge in [0.1, 0.15) is 5.75 Å². The molecule has 0 aliphatic carbocycles. The van der Waals surface area contributed by atoms with Gasteiger partial charge >= 0.3 is 0 Å². The normalized spacial score (nSPS) is 11.1. The fraction of sp³-hybridized carbons (Fsp3) is 0.300. The van der Waals surface area contributed by atoms with Crippen LogP contribution in [0.5, 0.6) is 5.75 Å². The molecule has 1 aromatic heterocycles. The Hall–Kier alpha value is -1.14. The van der Waals surface area contributed by atoms with Gasteiger partial charge in [0.05, 0.1) is 18.5 Å². The largest absolute Gasteiger partial charge is 0.497 e. The summed E-state index contributed by atoms with van der Waals surface area (Å²) in [5, 5.41) is 4.13. The lowest BCUT2D eigenvalue weighted by atomic mass is 10.2. The lowest BCUT2D eigenvalue weighted by Gasteiger charge is -2.04. The number of pyridine rings is 1. The Balaban J connectivity index is 2.78. The van der Waals surface area contributed by atoms with Gasteiger partial charge in [-0.05, 0) is 19.2 Å². The summed E-state index contributed by atoms with van der Waals surface area (Å²) in [6.45, 7) is 1.86. The number of hydrazone groups is 1. The third kappa shape index (κ3) is 3.79. The first-order valence-corrected chi connectivity index (χ1v) is 6.19. The maximum absolute atomic E-state index is 5.11. The van der Waals surface area contributed by atoms with E-state index in [0.29, 0.717) is 4.32 Å². The molecule has 1 N–H and O–H groups in total. The van der Waals surface area contributed by atoms with Crippen LogP contribution in [-0.4, -0.2) is 28.4 Å². The highest BCUT2D eigenvalue weighted by Crippen LogP contribution is 2.10. The first-order chi connectivity index (χ1) is 7.67. The van der Waals surface area contributed by atoms with Crippen molar-refractivity contribution in [1.82, 2.24) is 10.4 Å². The minimum absolute atomic E-state index is 0.627. The van der Waals surface area contributed by atoms with E-state index in [2.05, 4.69) is 15.5 Å². The van der Waals surface area contributed by atoms with Crippen LogP contribution in [-0.2, 0) is 0 Å². The summed E-state index contributed by atoms with van der Waals surface area (Å²) in [4.78, 5) is 4.19. The number of aromatic nitrogens is 1. The van der Waals surface area contributed by atoms with E-state index in [9.17, 15) is 0 Å². The summed E-state index contributed by atoms with van der Waals surface area (Å²) in [5.41, 5.74) is 4.29.